The number of amides is 2. The van der Waals surface area contributed by atoms with Crippen LogP contribution in [0.3, 0.4) is 0 Å². The van der Waals surface area contributed by atoms with E-state index in [1.165, 1.54) is 9.79 Å². The Hall–Kier alpha value is -1.59. The van der Waals surface area contributed by atoms with Crippen molar-refractivity contribution in [2.24, 2.45) is 0 Å². The van der Waals surface area contributed by atoms with Crippen LogP contribution in [0.25, 0.3) is 0 Å². The van der Waals surface area contributed by atoms with Crippen molar-refractivity contribution in [3.05, 3.63) is 59.7 Å². The third-order valence-corrected chi connectivity index (χ3v) is 4.71. The largest absolute Gasteiger partial charge is 0.334 e. The molecule has 0 bridgehead atoms. The Morgan fingerprint density at radius 2 is 1.14 bits per heavy atom. The zero-order chi connectivity index (χ0) is 15.8. The molecule has 0 heterocycles. The van der Waals surface area contributed by atoms with E-state index in [1.54, 1.807) is 23.5 Å². The Balaban J connectivity index is 1.74. The number of rotatable bonds is 6. The molecule has 116 valence electrons. The van der Waals surface area contributed by atoms with Crippen LogP contribution >= 0.6 is 23.5 Å². The normalized spacial score (nSPS) is 10.3. The standard InChI is InChI=1S/C17H20N2OS2/c1-21-15-7-3-13(4-8-15)11-18-17(20)19-12-14-5-9-16(22-2)10-6-14/h3-10H,11-12H2,1-2H3,(H2,18,19,20). The molecule has 0 saturated carbocycles. The quantitative estimate of drug-likeness (QED) is 0.782. The number of benzene rings is 2. The van der Waals surface area contributed by atoms with E-state index < -0.39 is 0 Å². The second kappa shape index (κ2) is 8.76. The molecule has 2 aromatic carbocycles. The molecule has 3 nitrogen and oxygen atoms in total. The summed E-state index contributed by atoms with van der Waals surface area (Å²) >= 11 is 3.42. The molecule has 0 fully saturated rings. The van der Waals surface area contributed by atoms with Gasteiger partial charge in [-0.1, -0.05) is 24.3 Å². The molecule has 0 aliphatic carbocycles. The monoisotopic (exact) mass is 332 g/mol. The van der Waals surface area contributed by atoms with Crippen LogP contribution in [-0.4, -0.2) is 18.5 Å². The number of carbonyl (C=O) groups is 1. The molecule has 2 aromatic rings. The van der Waals surface area contributed by atoms with Crippen molar-refractivity contribution in [1.82, 2.24) is 10.6 Å². The Kier molecular flexibility index (Phi) is 6.68. The lowest BCUT2D eigenvalue weighted by molar-refractivity contribution is 0.240. The summed E-state index contributed by atoms with van der Waals surface area (Å²) < 4.78 is 0. The molecule has 0 radical (unpaired) electrons. The Morgan fingerprint density at radius 3 is 1.45 bits per heavy atom. The van der Waals surface area contributed by atoms with Crippen molar-refractivity contribution < 1.29 is 4.79 Å². The molecule has 0 atom stereocenters. The minimum atomic E-state index is -0.150. The minimum absolute atomic E-state index is 0.150. The van der Waals surface area contributed by atoms with Crippen LogP contribution in [0.4, 0.5) is 4.79 Å². The van der Waals surface area contributed by atoms with Gasteiger partial charge in [0.25, 0.3) is 0 Å². The molecular weight excluding hydrogens is 312 g/mol. The number of urea groups is 1. The number of nitrogens with one attached hydrogen (secondary N) is 2. The van der Waals surface area contributed by atoms with Crippen LogP contribution in [-0.2, 0) is 13.1 Å². The minimum Gasteiger partial charge on any atom is -0.334 e. The maximum Gasteiger partial charge on any atom is 0.315 e. The first-order valence-corrected chi connectivity index (χ1v) is 9.44. The highest BCUT2D eigenvalue weighted by Crippen LogP contribution is 2.15. The fourth-order valence-corrected chi connectivity index (χ4v) is 2.73. The van der Waals surface area contributed by atoms with Gasteiger partial charge in [-0.05, 0) is 47.9 Å². The highest BCUT2D eigenvalue weighted by molar-refractivity contribution is 7.98. The Morgan fingerprint density at radius 1 is 0.773 bits per heavy atom. The number of hydrogen-bond acceptors (Lipinski definition) is 3. The molecule has 0 unspecified atom stereocenters. The number of thioether (sulfide) groups is 2. The van der Waals surface area contributed by atoms with E-state index in [9.17, 15) is 4.79 Å². The average molecular weight is 332 g/mol. The summed E-state index contributed by atoms with van der Waals surface area (Å²) in [6, 6.07) is 16.2. The van der Waals surface area contributed by atoms with Gasteiger partial charge in [-0.3, -0.25) is 0 Å². The molecule has 0 aromatic heterocycles. The van der Waals surface area contributed by atoms with E-state index in [4.69, 9.17) is 0 Å². The van der Waals surface area contributed by atoms with Crippen molar-refractivity contribution in [3.8, 4) is 0 Å². The lowest BCUT2D eigenvalue weighted by Gasteiger charge is -2.08. The second-order valence-corrected chi connectivity index (χ2v) is 6.49. The van der Waals surface area contributed by atoms with E-state index in [0.717, 1.165) is 11.1 Å². The van der Waals surface area contributed by atoms with E-state index in [-0.39, 0.29) is 6.03 Å². The van der Waals surface area contributed by atoms with E-state index >= 15 is 0 Å². The van der Waals surface area contributed by atoms with Gasteiger partial charge in [-0.25, -0.2) is 4.79 Å². The summed E-state index contributed by atoms with van der Waals surface area (Å²) in [4.78, 5) is 14.3. The van der Waals surface area contributed by atoms with Gasteiger partial charge >= 0.3 is 6.03 Å². The first-order chi connectivity index (χ1) is 10.7. The first-order valence-electron chi connectivity index (χ1n) is 6.99. The topological polar surface area (TPSA) is 41.1 Å². The molecule has 0 spiro atoms. The number of carbonyl (C=O) groups excluding carboxylic acids is 1. The first kappa shape index (κ1) is 16.8. The highest BCUT2D eigenvalue weighted by atomic mass is 32.2. The van der Waals surface area contributed by atoms with E-state index in [2.05, 4.69) is 34.9 Å². The van der Waals surface area contributed by atoms with Crippen molar-refractivity contribution in [2.45, 2.75) is 22.9 Å². The lowest BCUT2D eigenvalue weighted by Crippen LogP contribution is -2.34. The molecule has 2 N–H and O–H groups in total. The predicted molar refractivity (Wildman–Crippen MR) is 95.5 cm³/mol. The Bertz CT molecular complexity index is 544. The maximum absolute atomic E-state index is 11.8. The zero-order valence-electron chi connectivity index (χ0n) is 12.8. The van der Waals surface area contributed by atoms with Crippen LogP contribution in [0.1, 0.15) is 11.1 Å². The van der Waals surface area contributed by atoms with Crippen LogP contribution in [0.2, 0.25) is 0 Å². The summed E-state index contributed by atoms with van der Waals surface area (Å²) in [6.45, 7) is 1.07. The second-order valence-electron chi connectivity index (χ2n) is 4.73. The van der Waals surface area contributed by atoms with Gasteiger partial charge in [0.05, 0.1) is 0 Å². The van der Waals surface area contributed by atoms with Crippen LogP contribution in [0.5, 0.6) is 0 Å². The highest BCUT2D eigenvalue weighted by Gasteiger charge is 2.01. The molecule has 2 amide bonds. The van der Waals surface area contributed by atoms with Gasteiger partial charge < -0.3 is 10.6 Å². The number of hydrogen-bond donors (Lipinski definition) is 2. The van der Waals surface area contributed by atoms with Crippen molar-refractivity contribution in [3.63, 3.8) is 0 Å². The molecule has 22 heavy (non-hydrogen) atoms. The Labute approximate surface area is 140 Å². The fourth-order valence-electron chi connectivity index (χ4n) is 1.91. The molecule has 0 aliphatic heterocycles. The maximum atomic E-state index is 11.8. The summed E-state index contributed by atoms with van der Waals surface area (Å²) in [6.07, 6.45) is 4.10. The van der Waals surface area contributed by atoms with Crippen molar-refractivity contribution >= 4 is 29.6 Å². The van der Waals surface area contributed by atoms with Gasteiger partial charge in [0.2, 0.25) is 0 Å². The smallest absolute Gasteiger partial charge is 0.315 e. The summed E-state index contributed by atoms with van der Waals surface area (Å²) in [7, 11) is 0. The van der Waals surface area contributed by atoms with Crippen molar-refractivity contribution in [1.29, 1.82) is 0 Å². The van der Waals surface area contributed by atoms with Gasteiger partial charge in [0, 0.05) is 22.9 Å². The summed E-state index contributed by atoms with van der Waals surface area (Å²) in [5.41, 5.74) is 2.19. The van der Waals surface area contributed by atoms with Crippen LogP contribution < -0.4 is 10.6 Å². The van der Waals surface area contributed by atoms with Crippen LogP contribution in [0, 0.1) is 0 Å². The van der Waals surface area contributed by atoms with E-state index in [0.29, 0.717) is 13.1 Å². The predicted octanol–water partition coefficient (Wildman–Crippen LogP) is 4.13. The lowest BCUT2D eigenvalue weighted by atomic mass is 10.2. The molecule has 2 rings (SSSR count). The molecular formula is C17H20N2OS2. The third kappa shape index (κ3) is 5.31. The molecule has 0 aliphatic rings. The average Bonchev–Trinajstić information content (AvgIpc) is 2.59. The molecule has 0 saturated heterocycles. The SMILES string of the molecule is CSc1ccc(CNC(=O)NCc2ccc(SC)cc2)cc1. The van der Waals surface area contributed by atoms with Gasteiger partial charge in [-0.2, -0.15) is 0 Å². The van der Waals surface area contributed by atoms with Gasteiger partial charge in [0.15, 0.2) is 0 Å². The fraction of sp³-hybridized carbons (Fsp3) is 0.235. The summed E-state index contributed by atoms with van der Waals surface area (Å²) in [5, 5.41) is 5.74. The van der Waals surface area contributed by atoms with Gasteiger partial charge in [0.1, 0.15) is 0 Å². The third-order valence-electron chi connectivity index (χ3n) is 3.22. The van der Waals surface area contributed by atoms with Gasteiger partial charge in [-0.15, -0.1) is 23.5 Å². The summed E-state index contributed by atoms with van der Waals surface area (Å²) in [5.74, 6) is 0. The van der Waals surface area contributed by atoms with Crippen molar-refractivity contribution in [2.75, 3.05) is 12.5 Å². The zero-order valence-corrected chi connectivity index (χ0v) is 14.4. The van der Waals surface area contributed by atoms with E-state index in [1.807, 2.05) is 36.8 Å². The molecule has 5 heteroatoms. The van der Waals surface area contributed by atoms with Crippen LogP contribution in [0.15, 0.2) is 58.3 Å².